The van der Waals surface area contributed by atoms with E-state index < -0.39 is 0 Å². The second kappa shape index (κ2) is 2.75. The van der Waals surface area contributed by atoms with Crippen LogP contribution >= 0.6 is 15.9 Å². The number of fused-ring (bicyclic) bond motifs is 1. The van der Waals surface area contributed by atoms with Gasteiger partial charge in [0.2, 0.25) is 0 Å². The highest BCUT2D eigenvalue weighted by molar-refractivity contribution is 9.10. The number of hydrogen-bond donors (Lipinski definition) is 2. The molecular formula is C9H10BrNO. The van der Waals surface area contributed by atoms with Crippen LogP contribution in [0.3, 0.4) is 0 Å². The summed E-state index contributed by atoms with van der Waals surface area (Å²) in [5, 5.41) is 9.53. The summed E-state index contributed by atoms with van der Waals surface area (Å²) in [5.74, 6) is 0.332. The lowest BCUT2D eigenvalue weighted by Crippen LogP contribution is -2.05. The molecule has 0 saturated carbocycles. The molecule has 0 unspecified atom stereocenters. The number of aromatic hydroxyl groups is 1. The van der Waals surface area contributed by atoms with Crippen LogP contribution in [0.1, 0.15) is 23.6 Å². The van der Waals surface area contributed by atoms with Crippen molar-refractivity contribution in [2.45, 2.75) is 18.9 Å². The van der Waals surface area contributed by atoms with Crippen LogP contribution < -0.4 is 5.73 Å². The quantitative estimate of drug-likeness (QED) is 0.714. The summed E-state index contributed by atoms with van der Waals surface area (Å²) in [5.41, 5.74) is 7.92. The van der Waals surface area contributed by atoms with Crippen LogP contribution in [0.15, 0.2) is 16.6 Å². The third kappa shape index (κ3) is 1.04. The molecule has 1 aliphatic rings. The van der Waals surface area contributed by atoms with Crippen LogP contribution in [-0.2, 0) is 6.42 Å². The van der Waals surface area contributed by atoms with Gasteiger partial charge in [0.1, 0.15) is 5.75 Å². The van der Waals surface area contributed by atoms with Crippen molar-refractivity contribution in [2.24, 2.45) is 5.73 Å². The molecule has 0 bridgehead atoms. The number of benzene rings is 1. The maximum Gasteiger partial charge on any atom is 0.120 e. The average Bonchev–Trinajstić information content (AvgIpc) is 2.42. The van der Waals surface area contributed by atoms with Crippen molar-refractivity contribution in [2.75, 3.05) is 0 Å². The Morgan fingerprint density at radius 3 is 2.92 bits per heavy atom. The molecule has 1 aliphatic carbocycles. The highest BCUT2D eigenvalue weighted by atomic mass is 79.9. The van der Waals surface area contributed by atoms with E-state index in [1.807, 2.05) is 6.07 Å². The molecule has 12 heavy (non-hydrogen) atoms. The van der Waals surface area contributed by atoms with Gasteiger partial charge in [-0.25, -0.2) is 0 Å². The van der Waals surface area contributed by atoms with Gasteiger partial charge in [-0.3, -0.25) is 0 Å². The monoisotopic (exact) mass is 227 g/mol. The molecular weight excluding hydrogens is 218 g/mol. The van der Waals surface area contributed by atoms with Gasteiger partial charge in [0.05, 0.1) is 0 Å². The topological polar surface area (TPSA) is 46.2 Å². The van der Waals surface area contributed by atoms with E-state index in [2.05, 4.69) is 15.9 Å². The highest BCUT2D eigenvalue weighted by Gasteiger charge is 2.24. The lowest BCUT2D eigenvalue weighted by atomic mass is 10.1. The molecule has 2 nitrogen and oxygen atoms in total. The largest absolute Gasteiger partial charge is 0.508 e. The van der Waals surface area contributed by atoms with Gasteiger partial charge in [-0.05, 0) is 30.5 Å². The summed E-state index contributed by atoms with van der Waals surface area (Å²) in [6.07, 6.45) is 1.90. The number of nitrogens with two attached hydrogens (primary N) is 1. The van der Waals surface area contributed by atoms with Gasteiger partial charge in [0.15, 0.2) is 0 Å². The minimum Gasteiger partial charge on any atom is -0.508 e. The van der Waals surface area contributed by atoms with E-state index in [0.29, 0.717) is 5.75 Å². The smallest absolute Gasteiger partial charge is 0.120 e. The van der Waals surface area contributed by atoms with Crippen molar-refractivity contribution < 1.29 is 5.11 Å². The average molecular weight is 228 g/mol. The van der Waals surface area contributed by atoms with E-state index in [1.165, 1.54) is 5.56 Å². The fraction of sp³-hybridized carbons (Fsp3) is 0.333. The van der Waals surface area contributed by atoms with Gasteiger partial charge in [0.25, 0.3) is 0 Å². The second-order valence-electron chi connectivity index (χ2n) is 3.10. The molecule has 0 aliphatic heterocycles. The first-order valence-corrected chi connectivity index (χ1v) is 4.75. The SMILES string of the molecule is N[C@H]1CCc2c(Br)ccc(O)c21. The number of halogens is 1. The molecule has 0 fully saturated rings. The highest BCUT2D eigenvalue weighted by Crippen LogP contribution is 2.39. The van der Waals surface area contributed by atoms with Crippen molar-refractivity contribution in [1.29, 1.82) is 0 Å². The first-order chi connectivity index (χ1) is 5.70. The fourth-order valence-corrected chi connectivity index (χ4v) is 2.28. The Labute approximate surface area is 79.5 Å². The van der Waals surface area contributed by atoms with E-state index in [1.54, 1.807) is 6.07 Å². The predicted molar refractivity (Wildman–Crippen MR) is 51.1 cm³/mol. The summed E-state index contributed by atoms with van der Waals surface area (Å²) in [7, 11) is 0. The Balaban J connectivity index is 2.64. The van der Waals surface area contributed by atoms with Gasteiger partial charge in [0, 0.05) is 16.1 Å². The summed E-state index contributed by atoms with van der Waals surface area (Å²) in [6, 6.07) is 3.57. The van der Waals surface area contributed by atoms with Crippen molar-refractivity contribution in [3.05, 3.63) is 27.7 Å². The molecule has 0 saturated heterocycles. The molecule has 0 aromatic heterocycles. The van der Waals surface area contributed by atoms with Crippen LogP contribution in [0.2, 0.25) is 0 Å². The first-order valence-electron chi connectivity index (χ1n) is 3.96. The molecule has 1 aromatic carbocycles. The van der Waals surface area contributed by atoms with E-state index >= 15 is 0 Å². The van der Waals surface area contributed by atoms with Crippen LogP contribution in [-0.4, -0.2) is 5.11 Å². The van der Waals surface area contributed by atoms with E-state index in [9.17, 15) is 5.11 Å². The number of phenols is 1. The maximum atomic E-state index is 9.53. The maximum absolute atomic E-state index is 9.53. The van der Waals surface area contributed by atoms with Gasteiger partial charge in [-0.2, -0.15) is 0 Å². The third-order valence-corrected chi connectivity index (χ3v) is 3.10. The lowest BCUT2D eigenvalue weighted by Gasteiger charge is -2.07. The van der Waals surface area contributed by atoms with Gasteiger partial charge >= 0.3 is 0 Å². The second-order valence-corrected chi connectivity index (χ2v) is 3.96. The van der Waals surface area contributed by atoms with Crippen molar-refractivity contribution in [3.8, 4) is 5.75 Å². The van der Waals surface area contributed by atoms with Crippen molar-refractivity contribution in [1.82, 2.24) is 0 Å². The number of hydrogen-bond acceptors (Lipinski definition) is 2. The van der Waals surface area contributed by atoms with E-state index in [4.69, 9.17) is 5.73 Å². The lowest BCUT2D eigenvalue weighted by molar-refractivity contribution is 0.463. The van der Waals surface area contributed by atoms with Gasteiger partial charge in [-0.15, -0.1) is 0 Å². The zero-order valence-corrected chi connectivity index (χ0v) is 8.13. The summed E-state index contributed by atoms with van der Waals surface area (Å²) >= 11 is 3.44. The normalized spacial score (nSPS) is 21.0. The van der Waals surface area contributed by atoms with Gasteiger partial charge < -0.3 is 10.8 Å². The Bertz CT molecular complexity index is 325. The van der Waals surface area contributed by atoms with Crippen molar-refractivity contribution >= 4 is 15.9 Å². The molecule has 64 valence electrons. The van der Waals surface area contributed by atoms with Crippen LogP contribution in [0.4, 0.5) is 0 Å². The Morgan fingerprint density at radius 2 is 2.25 bits per heavy atom. The zero-order valence-electron chi connectivity index (χ0n) is 6.55. The Hall–Kier alpha value is -0.540. The zero-order chi connectivity index (χ0) is 8.72. The minimum absolute atomic E-state index is 0.0116. The third-order valence-electron chi connectivity index (χ3n) is 2.35. The van der Waals surface area contributed by atoms with Crippen molar-refractivity contribution in [3.63, 3.8) is 0 Å². The van der Waals surface area contributed by atoms with E-state index in [0.717, 1.165) is 22.9 Å². The predicted octanol–water partition coefficient (Wildman–Crippen LogP) is 2.10. The fourth-order valence-electron chi connectivity index (χ4n) is 1.74. The minimum atomic E-state index is 0.0116. The number of rotatable bonds is 0. The molecule has 2 rings (SSSR count). The summed E-state index contributed by atoms with van der Waals surface area (Å²) in [4.78, 5) is 0. The van der Waals surface area contributed by atoms with Crippen LogP contribution in [0, 0.1) is 0 Å². The van der Waals surface area contributed by atoms with Crippen LogP contribution in [0.5, 0.6) is 5.75 Å². The Morgan fingerprint density at radius 1 is 1.50 bits per heavy atom. The molecule has 3 N–H and O–H groups in total. The summed E-state index contributed by atoms with van der Waals surface area (Å²) in [6.45, 7) is 0. The molecule has 0 heterocycles. The molecule has 0 spiro atoms. The van der Waals surface area contributed by atoms with Crippen LogP contribution in [0.25, 0.3) is 0 Å². The Kier molecular flexibility index (Phi) is 1.85. The van der Waals surface area contributed by atoms with Gasteiger partial charge in [-0.1, -0.05) is 15.9 Å². The molecule has 1 atom stereocenters. The standard InChI is InChI=1S/C9H10BrNO/c10-6-2-4-8(12)9-5(6)1-3-7(9)11/h2,4,7,12H,1,3,11H2/t7-/m0/s1. The first kappa shape index (κ1) is 8.08. The molecule has 0 radical (unpaired) electrons. The summed E-state index contributed by atoms with van der Waals surface area (Å²) < 4.78 is 1.06. The molecule has 3 heteroatoms. The van der Waals surface area contributed by atoms with E-state index in [-0.39, 0.29) is 6.04 Å². The molecule has 1 aromatic rings. The molecule has 0 amide bonds. The number of phenolic OH excluding ortho intramolecular Hbond substituents is 1.